The Bertz CT molecular complexity index is 825. The van der Waals surface area contributed by atoms with Crippen molar-refractivity contribution in [3.63, 3.8) is 0 Å². The third-order valence-electron chi connectivity index (χ3n) is 5.50. The summed E-state index contributed by atoms with van der Waals surface area (Å²) in [4.78, 5) is 21.3. The third kappa shape index (κ3) is 3.90. The lowest BCUT2D eigenvalue weighted by molar-refractivity contribution is 0.0581. The highest BCUT2D eigenvalue weighted by Gasteiger charge is 2.31. The summed E-state index contributed by atoms with van der Waals surface area (Å²) in [6.07, 6.45) is 1.84. The van der Waals surface area contributed by atoms with Crippen LogP contribution in [0.15, 0.2) is 28.7 Å². The van der Waals surface area contributed by atoms with Crippen LogP contribution in [0.4, 0.5) is 4.39 Å². The van der Waals surface area contributed by atoms with Crippen LogP contribution in [0.2, 0.25) is 0 Å². The normalized spacial score (nSPS) is 23.3. The maximum absolute atomic E-state index is 13.9. The molecule has 0 N–H and O–H groups in total. The van der Waals surface area contributed by atoms with Crippen LogP contribution in [0.3, 0.4) is 0 Å². The standard InChI is InChI=1S/C21H26FN3O2/c1-14-9-15(2)11-25(10-14)21(26)20-23-18-13-24(8-7-19(18)27-20)12-16-5-3-4-6-17(16)22/h3-6,14-15H,7-13H2,1-2H3/t14-,15-/m0/s1. The summed E-state index contributed by atoms with van der Waals surface area (Å²) in [5.74, 6) is 1.70. The molecule has 2 aliphatic rings. The molecule has 4 rings (SSSR count). The minimum Gasteiger partial charge on any atom is -0.437 e. The molecule has 2 aliphatic heterocycles. The molecular formula is C21H26FN3O2. The van der Waals surface area contributed by atoms with E-state index in [9.17, 15) is 9.18 Å². The fourth-order valence-electron chi connectivity index (χ4n) is 4.31. The number of piperidine rings is 1. The second-order valence-corrected chi connectivity index (χ2v) is 8.10. The maximum Gasteiger partial charge on any atom is 0.309 e. The highest BCUT2D eigenvalue weighted by Crippen LogP contribution is 2.25. The van der Waals surface area contributed by atoms with Gasteiger partial charge in [0.15, 0.2) is 0 Å². The molecule has 1 aromatic carbocycles. The predicted octanol–water partition coefficient (Wildman–Crippen LogP) is 3.49. The summed E-state index contributed by atoms with van der Waals surface area (Å²) < 4.78 is 19.7. The molecule has 144 valence electrons. The summed E-state index contributed by atoms with van der Waals surface area (Å²) in [5.41, 5.74) is 1.48. The minimum absolute atomic E-state index is 0.108. The number of rotatable bonds is 3. The number of nitrogens with zero attached hydrogens (tertiary/aromatic N) is 3. The summed E-state index contributed by atoms with van der Waals surface area (Å²) in [5, 5.41) is 0. The fourth-order valence-corrected chi connectivity index (χ4v) is 4.31. The summed E-state index contributed by atoms with van der Waals surface area (Å²) in [7, 11) is 0. The van der Waals surface area contributed by atoms with Crippen molar-refractivity contribution in [2.24, 2.45) is 11.8 Å². The SMILES string of the molecule is C[C@H]1C[C@H](C)CN(C(=O)c2nc3c(o2)CCN(Cc2ccccc2F)C3)C1. The van der Waals surface area contributed by atoms with Gasteiger partial charge < -0.3 is 9.32 Å². The quantitative estimate of drug-likeness (QED) is 0.829. The molecule has 1 fully saturated rings. The van der Waals surface area contributed by atoms with Gasteiger partial charge in [-0.05, 0) is 24.3 Å². The van der Waals surface area contributed by atoms with Crippen LogP contribution < -0.4 is 0 Å². The molecule has 0 unspecified atom stereocenters. The van der Waals surface area contributed by atoms with Crippen LogP contribution in [0.5, 0.6) is 0 Å². The summed E-state index contributed by atoms with van der Waals surface area (Å²) in [6, 6.07) is 6.84. The number of amides is 1. The van der Waals surface area contributed by atoms with Crippen LogP contribution in [0.1, 0.15) is 48.0 Å². The van der Waals surface area contributed by atoms with E-state index < -0.39 is 0 Å². The number of carbonyl (C=O) groups is 1. The molecule has 1 amide bonds. The Kier molecular flexibility index (Phi) is 5.00. The van der Waals surface area contributed by atoms with Crippen molar-refractivity contribution in [2.45, 2.75) is 39.8 Å². The van der Waals surface area contributed by atoms with E-state index in [0.717, 1.165) is 37.5 Å². The van der Waals surface area contributed by atoms with Crippen molar-refractivity contribution >= 4 is 5.91 Å². The molecule has 2 atom stereocenters. The molecule has 2 aromatic rings. The number of hydrogen-bond acceptors (Lipinski definition) is 4. The first-order chi connectivity index (χ1) is 13.0. The van der Waals surface area contributed by atoms with E-state index in [2.05, 4.69) is 23.7 Å². The number of oxazole rings is 1. The van der Waals surface area contributed by atoms with Crippen molar-refractivity contribution in [3.05, 3.63) is 53.0 Å². The number of halogens is 1. The second-order valence-electron chi connectivity index (χ2n) is 8.10. The van der Waals surface area contributed by atoms with Gasteiger partial charge in [0.2, 0.25) is 0 Å². The number of likely N-dealkylation sites (tertiary alicyclic amines) is 1. The highest BCUT2D eigenvalue weighted by atomic mass is 19.1. The zero-order valence-electron chi connectivity index (χ0n) is 15.9. The molecule has 6 heteroatoms. The van der Waals surface area contributed by atoms with E-state index in [0.29, 0.717) is 36.9 Å². The average Bonchev–Trinajstić information content (AvgIpc) is 3.05. The van der Waals surface area contributed by atoms with E-state index in [1.807, 2.05) is 11.0 Å². The first-order valence-corrected chi connectivity index (χ1v) is 9.73. The maximum atomic E-state index is 13.9. The number of aromatic nitrogens is 1. The van der Waals surface area contributed by atoms with Crippen LogP contribution in [-0.4, -0.2) is 40.3 Å². The molecule has 0 saturated carbocycles. The van der Waals surface area contributed by atoms with Gasteiger partial charge in [0.25, 0.3) is 5.89 Å². The van der Waals surface area contributed by atoms with Crippen molar-refractivity contribution in [1.29, 1.82) is 0 Å². The Morgan fingerprint density at radius 2 is 2.00 bits per heavy atom. The molecule has 1 saturated heterocycles. The van der Waals surface area contributed by atoms with Gasteiger partial charge in [-0.25, -0.2) is 9.37 Å². The van der Waals surface area contributed by atoms with Crippen molar-refractivity contribution in [2.75, 3.05) is 19.6 Å². The number of fused-ring (bicyclic) bond motifs is 1. The largest absolute Gasteiger partial charge is 0.437 e. The molecule has 5 nitrogen and oxygen atoms in total. The van der Waals surface area contributed by atoms with Gasteiger partial charge in [-0.2, -0.15) is 0 Å². The Morgan fingerprint density at radius 1 is 1.26 bits per heavy atom. The predicted molar refractivity (Wildman–Crippen MR) is 99.6 cm³/mol. The lowest BCUT2D eigenvalue weighted by atomic mass is 9.92. The minimum atomic E-state index is -0.187. The van der Waals surface area contributed by atoms with Gasteiger partial charge in [0, 0.05) is 44.7 Å². The van der Waals surface area contributed by atoms with Crippen LogP contribution in [-0.2, 0) is 19.5 Å². The van der Waals surface area contributed by atoms with Gasteiger partial charge in [-0.15, -0.1) is 0 Å². The van der Waals surface area contributed by atoms with Crippen LogP contribution >= 0.6 is 0 Å². The van der Waals surface area contributed by atoms with E-state index in [1.54, 1.807) is 12.1 Å². The van der Waals surface area contributed by atoms with E-state index in [-0.39, 0.29) is 17.6 Å². The van der Waals surface area contributed by atoms with Crippen molar-refractivity contribution in [1.82, 2.24) is 14.8 Å². The van der Waals surface area contributed by atoms with Gasteiger partial charge in [-0.3, -0.25) is 9.69 Å². The number of carbonyl (C=O) groups excluding carboxylic acids is 1. The molecule has 27 heavy (non-hydrogen) atoms. The van der Waals surface area contributed by atoms with E-state index in [1.165, 1.54) is 6.07 Å². The molecule has 0 spiro atoms. The molecule has 3 heterocycles. The van der Waals surface area contributed by atoms with E-state index in [4.69, 9.17) is 4.42 Å². The second kappa shape index (κ2) is 7.43. The van der Waals surface area contributed by atoms with Gasteiger partial charge >= 0.3 is 5.91 Å². The lowest BCUT2D eigenvalue weighted by Gasteiger charge is -2.34. The van der Waals surface area contributed by atoms with Gasteiger partial charge in [0.1, 0.15) is 11.6 Å². The zero-order valence-corrected chi connectivity index (χ0v) is 15.9. The zero-order chi connectivity index (χ0) is 19.0. The lowest BCUT2D eigenvalue weighted by Crippen LogP contribution is -2.42. The topological polar surface area (TPSA) is 49.6 Å². The van der Waals surface area contributed by atoms with Gasteiger partial charge in [0.05, 0.1) is 5.69 Å². The van der Waals surface area contributed by atoms with Crippen LogP contribution in [0, 0.1) is 17.7 Å². The monoisotopic (exact) mass is 371 g/mol. The Hall–Kier alpha value is -2.21. The van der Waals surface area contributed by atoms with Gasteiger partial charge in [-0.1, -0.05) is 32.0 Å². The molecule has 0 bridgehead atoms. The number of benzene rings is 1. The molecular weight excluding hydrogens is 345 g/mol. The Morgan fingerprint density at radius 3 is 2.74 bits per heavy atom. The van der Waals surface area contributed by atoms with Crippen molar-refractivity contribution in [3.8, 4) is 0 Å². The first-order valence-electron chi connectivity index (χ1n) is 9.73. The third-order valence-corrected chi connectivity index (χ3v) is 5.50. The summed E-state index contributed by atoms with van der Waals surface area (Å²) >= 11 is 0. The smallest absolute Gasteiger partial charge is 0.309 e. The number of hydrogen-bond donors (Lipinski definition) is 0. The Labute approximate surface area is 159 Å². The fraction of sp³-hybridized carbons (Fsp3) is 0.524. The molecule has 0 radical (unpaired) electrons. The van der Waals surface area contributed by atoms with E-state index >= 15 is 0 Å². The Balaban J connectivity index is 1.45. The first kappa shape index (κ1) is 18.2. The molecule has 0 aliphatic carbocycles. The van der Waals surface area contributed by atoms with Crippen LogP contribution in [0.25, 0.3) is 0 Å². The summed E-state index contributed by atoms with van der Waals surface area (Å²) in [6.45, 7) is 7.75. The molecule has 1 aromatic heterocycles. The average molecular weight is 371 g/mol. The highest BCUT2D eigenvalue weighted by molar-refractivity contribution is 5.89. The van der Waals surface area contributed by atoms with Crippen molar-refractivity contribution < 1.29 is 13.6 Å².